The minimum Gasteiger partial charge on any atom is -0.307 e. The van der Waals surface area contributed by atoms with Gasteiger partial charge in [0.2, 0.25) is 0 Å². The van der Waals surface area contributed by atoms with Gasteiger partial charge in [-0.2, -0.15) is 0 Å². The van der Waals surface area contributed by atoms with Gasteiger partial charge in [0.25, 0.3) is 0 Å². The summed E-state index contributed by atoms with van der Waals surface area (Å²) in [6.07, 6.45) is 0. The average molecular weight is 443 g/mol. The summed E-state index contributed by atoms with van der Waals surface area (Å²) in [4.78, 5) is 25.7. The van der Waals surface area contributed by atoms with Gasteiger partial charge in [-0.1, -0.05) is 0 Å². The summed E-state index contributed by atoms with van der Waals surface area (Å²) in [6, 6.07) is 4.73. The van der Waals surface area contributed by atoms with Gasteiger partial charge in [0.1, 0.15) is 0 Å². The molecule has 3 aromatic heterocycles. The number of hydrogen-bond acceptors (Lipinski definition) is 2. The maximum atomic E-state index is 15.0. The summed E-state index contributed by atoms with van der Waals surface area (Å²) in [6.45, 7) is 1.64. The molecule has 0 spiro atoms. The molecule has 0 radical (unpaired) electrons. The summed E-state index contributed by atoms with van der Waals surface area (Å²) in [5.74, 6) is -11.9. The zero-order valence-corrected chi connectivity index (χ0v) is 15.8. The SMILES string of the molecule is Cc1cc2c(=O)cc3c4c(F)c(F)c(F)c5c(F)c(F)c(F)c(c54)c4cc(=O)c(c1)c2n34. The first-order chi connectivity index (χ1) is 15.1. The Morgan fingerprint density at radius 2 is 0.969 bits per heavy atom. The topological polar surface area (TPSA) is 38.5 Å². The van der Waals surface area contributed by atoms with Crippen LogP contribution in [0.25, 0.3) is 48.9 Å². The van der Waals surface area contributed by atoms with Crippen LogP contribution >= 0.6 is 0 Å². The highest BCUT2D eigenvalue weighted by molar-refractivity contribution is 6.22. The van der Waals surface area contributed by atoms with E-state index in [-0.39, 0.29) is 27.3 Å². The molecule has 0 unspecified atom stereocenters. The average Bonchev–Trinajstić information content (AvgIpc) is 2.74. The van der Waals surface area contributed by atoms with Crippen molar-refractivity contribution in [3.63, 3.8) is 0 Å². The lowest BCUT2D eigenvalue weighted by molar-refractivity contribution is 0.442. The Morgan fingerprint density at radius 3 is 1.41 bits per heavy atom. The van der Waals surface area contributed by atoms with Gasteiger partial charge in [0.15, 0.2) is 45.8 Å². The number of nitrogens with zero attached hydrogens (tertiary/aromatic N) is 1. The second kappa shape index (κ2) is 5.67. The normalized spacial score (nSPS) is 12.5. The van der Waals surface area contributed by atoms with Crippen LogP contribution in [0.4, 0.5) is 26.3 Å². The zero-order valence-electron chi connectivity index (χ0n) is 15.8. The van der Waals surface area contributed by atoms with Crippen LogP contribution in [0.5, 0.6) is 0 Å². The van der Waals surface area contributed by atoms with Crippen LogP contribution in [0.3, 0.4) is 0 Å². The van der Waals surface area contributed by atoms with Crippen LogP contribution in [0.15, 0.2) is 33.9 Å². The van der Waals surface area contributed by atoms with Crippen LogP contribution in [-0.4, -0.2) is 4.40 Å². The van der Waals surface area contributed by atoms with E-state index >= 15 is 8.78 Å². The molecule has 9 heteroatoms. The number of fused-ring (bicyclic) bond motifs is 2. The van der Waals surface area contributed by atoms with Crippen LogP contribution in [0, 0.1) is 41.8 Å². The Balaban J connectivity index is 2.18. The fourth-order valence-electron chi connectivity index (χ4n) is 4.69. The van der Waals surface area contributed by atoms with E-state index in [1.807, 2.05) is 0 Å². The van der Waals surface area contributed by atoms with E-state index in [9.17, 15) is 27.2 Å². The molecule has 32 heavy (non-hydrogen) atoms. The van der Waals surface area contributed by atoms with Gasteiger partial charge in [-0.25, -0.2) is 26.3 Å². The quantitative estimate of drug-likeness (QED) is 0.139. The smallest absolute Gasteiger partial charge is 0.195 e. The van der Waals surface area contributed by atoms with Crippen LogP contribution in [0.1, 0.15) is 5.56 Å². The van der Waals surface area contributed by atoms with Crippen molar-refractivity contribution in [2.24, 2.45) is 0 Å². The van der Waals surface area contributed by atoms with Crippen LogP contribution in [0.2, 0.25) is 0 Å². The Kier molecular flexibility index (Phi) is 3.34. The molecule has 0 saturated carbocycles. The molecular formula is C23H7F6NO2. The molecule has 0 aliphatic carbocycles. The number of aromatic nitrogens is 1. The van der Waals surface area contributed by atoms with Gasteiger partial charge in [0, 0.05) is 39.1 Å². The predicted octanol–water partition coefficient (Wildman–Crippen LogP) is 5.29. The maximum Gasteiger partial charge on any atom is 0.195 e. The zero-order chi connectivity index (χ0) is 22.8. The highest BCUT2D eigenvalue weighted by Gasteiger charge is 2.31. The second-order valence-electron chi connectivity index (χ2n) is 7.72. The second-order valence-corrected chi connectivity index (χ2v) is 7.72. The first kappa shape index (κ1) is 18.9. The third kappa shape index (κ3) is 1.94. The van der Waals surface area contributed by atoms with E-state index in [4.69, 9.17) is 0 Å². The van der Waals surface area contributed by atoms with E-state index < -0.39 is 67.3 Å². The fourth-order valence-corrected chi connectivity index (χ4v) is 4.69. The molecule has 0 saturated heterocycles. The van der Waals surface area contributed by atoms with Crippen molar-refractivity contribution in [2.75, 3.05) is 0 Å². The summed E-state index contributed by atoms with van der Waals surface area (Å²) >= 11 is 0. The fraction of sp³-hybridized carbons (Fsp3) is 0.0435. The molecule has 6 rings (SSSR count). The molecular weight excluding hydrogens is 436 g/mol. The lowest BCUT2D eigenvalue weighted by Gasteiger charge is -2.19. The van der Waals surface area contributed by atoms with Gasteiger partial charge in [-0.15, -0.1) is 0 Å². The monoisotopic (exact) mass is 443 g/mol. The van der Waals surface area contributed by atoms with E-state index in [1.165, 1.54) is 12.1 Å². The molecule has 0 fully saturated rings. The number of hydrogen-bond donors (Lipinski definition) is 0. The van der Waals surface area contributed by atoms with Crippen molar-refractivity contribution in [3.8, 4) is 0 Å². The molecule has 0 atom stereocenters. The third-order valence-electron chi connectivity index (χ3n) is 5.94. The Bertz CT molecular complexity index is 1810. The van der Waals surface area contributed by atoms with Crippen molar-refractivity contribution in [1.29, 1.82) is 0 Å². The predicted molar refractivity (Wildman–Crippen MR) is 107 cm³/mol. The number of pyridine rings is 3. The summed E-state index contributed by atoms with van der Waals surface area (Å²) in [5.41, 5.74) is -1.49. The molecule has 158 valence electrons. The van der Waals surface area contributed by atoms with Crippen molar-refractivity contribution in [3.05, 3.63) is 85.2 Å². The molecule has 3 aromatic carbocycles. The molecule has 0 N–H and O–H groups in total. The molecule has 6 aromatic rings. The first-order valence-corrected chi connectivity index (χ1v) is 9.27. The van der Waals surface area contributed by atoms with Gasteiger partial charge < -0.3 is 4.40 Å². The lowest BCUT2D eigenvalue weighted by Crippen LogP contribution is -2.15. The minimum absolute atomic E-state index is 0.0207. The molecule has 0 aliphatic heterocycles. The Labute approximate surface area is 172 Å². The Morgan fingerprint density at radius 1 is 0.562 bits per heavy atom. The lowest BCUT2D eigenvalue weighted by atomic mass is 9.95. The largest absolute Gasteiger partial charge is 0.307 e. The summed E-state index contributed by atoms with van der Waals surface area (Å²) < 4.78 is 89.0. The summed E-state index contributed by atoms with van der Waals surface area (Å²) in [5, 5.41) is -3.64. The number of benzene rings is 3. The Hall–Kier alpha value is -3.88. The highest BCUT2D eigenvalue weighted by atomic mass is 19.2. The van der Waals surface area contributed by atoms with E-state index in [1.54, 1.807) is 6.92 Å². The third-order valence-corrected chi connectivity index (χ3v) is 5.94. The molecule has 3 nitrogen and oxygen atoms in total. The van der Waals surface area contributed by atoms with Gasteiger partial charge in [-0.05, 0) is 24.6 Å². The van der Waals surface area contributed by atoms with Crippen LogP contribution in [-0.2, 0) is 0 Å². The number of rotatable bonds is 0. The van der Waals surface area contributed by atoms with Crippen molar-refractivity contribution in [2.45, 2.75) is 6.92 Å². The van der Waals surface area contributed by atoms with Crippen LogP contribution < -0.4 is 10.9 Å². The van der Waals surface area contributed by atoms with E-state index in [0.717, 1.165) is 16.5 Å². The first-order valence-electron chi connectivity index (χ1n) is 9.27. The standard InChI is InChI=1S/C23H7F6NO2/c1-6-2-7-11(31)4-9-13-15-14(10-5-12(32)8(3-6)23(7)30(9)10)18(25)22(29)20(27)16(15)19(26)21(28)17(13)24/h2-5H,1H3. The number of aryl methyl sites for hydroxylation is 1. The highest BCUT2D eigenvalue weighted by Crippen LogP contribution is 2.42. The van der Waals surface area contributed by atoms with E-state index in [0.29, 0.717) is 5.56 Å². The minimum atomic E-state index is -2.10. The molecule has 3 heterocycles. The van der Waals surface area contributed by atoms with Gasteiger partial charge in [0.05, 0.1) is 21.9 Å². The molecule has 0 bridgehead atoms. The van der Waals surface area contributed by atoms with Gasteiger partial charge >= 0.3 is 0 Å². The number of halogens is 6. The molecule has 0 amide bonds. The van der Waals surface area contributed by atoms with Crippen molar-refractivity contribution >= 4 is 48.9 Å². The van der Waals surface area contributed by atoms with Gasteiger partial charge in [-0.3, -0.25) is 9.59 Å². The summed E-state index contributed by atoms with van der Waals surface area (Å²) in [7, 11) is 0. The molecule has 0 aliphatic rings. The maximum absolute atomic E-state index is 15.0. The van der Waals surface area contributed by atoms with E-state index in [2.05, 4.69) is 0 Å². The van der Waals surface area contributed by atoms with Crippen molar-refractivity contribution < 1.29 is 26.3 Å². The van der Waals surface area contributed by atoms with Crippen molar-refractivity contribution in [1.82, 2.24) is 4.40 Å².